The van der Waals surface area contributed by atoms with Crippen molar-refractivity contribution < 1.29 is 9.50 Å². The Balaban J connectivity index is 1.91. The van der Waals surface area contributed by atoms with E-state index in [0.717, 1.165) is 4.90 Å². The summed E-state index contributed by atoms with van der Waals surface area (Å²) < 4.78 is 13.7. The normalized spacial score (nSPS) is 12.4. The summed E-state index contributed by atoms with van der Waals surface area (Å²) in [6.07, 6.45) is -0.333. The van der Waals surface area contributed by atoms with Crippen LogP contribution in [0.4, 0.5) is 4.39 Å². The van der Waals surface area contributed by atoms with E-state index in [1.165, 1.54) is 11.6 Å². The van der Waals surface area contributed by atoms with E-state index in [-0.39, 0.29) is 11.4 Å². The van der Waals surface area contributed by atoms with Gasteiger partial charge in [-0.25, -0.2) is 4.39 Å². The maximum absolute atomic E-state index is 13.7. The lowest BCUT2D eigenvalue weighted by Crippen LogP contribution is -2.14. The van der Waals surface area contributed by atoms with Crippen LogP contribution in [0.5, 0.6) is 0 Å². The van der Waals surface area contributed by atoms with Crippen LogP contribution in [0.2, 0.25) is 5.02 Å². The molecule has 0 amide bonds. The molecule has 1 atom stereocenters. The van der Waals surface area contributed by atoms with Crippen LogP contribution in [-0.4, -0.2) is 17.0 Å². The molecule has 0 aromatic heterocycles. The average Bonchev–Trinajstić information content (AvgIpc) is 2.43. The van der Waals surface area contributed by atoms with E-state index in [2.05, 4.69) is 0 Å². The second-order valence-corrected chi connectivity index (χ2v) is 6.20. The molecule has 0 spiro atoms. The molecular formula is C16H16ClFOS. The maximum atomic E-state index is 13.7. The van der Waals surface area contributed by atoms with Gasteiger partial charge in [-0.05, 0) is 30.7 Å². The van der Waals surface area contributed by atoms with Crippen molar-refractivity contribution in [1.29, 1.82) is 0 Å². The zero-order valence-corrected chi connectivity index (χ0v) is 12.7. The smallest absolute Gasteiger partial charge is 0.145 e. The van der Waals surface area contributed by atoms with Crippen LogP contribution in [0.1, 0.15) is 11.1 Å². The van der Waals surface area contributed by atoms with Gasteiger partial charge in [0.2, 0.25) is 0 Å². The highest BCUT2D eigenvalue weighted by molar-refractivity contribution is 7.99. The lowest BCUT2D eigenvalue weighted by Gasteiger charge is -2.11. The SMILES string of the molecule is Cc1ccc(SCC(O)Cc2cccc(Cl)c2F)cc1. The van der Waals surface area contributed by atoms with Crippen LogP contribution in [-0.2, 0) is 6.42 Å². The Morgan fingerprint density at radius 3 is 2.60 bits per heavy atom. The first-order valence-corrected chi connectivity index (χ1v) is 7.73. The van der Waals surface area contributed by atoms with Crippen molar-refractivity contribution in [2.24, 2.45) is 0 Å². The molecule has 106 valence electrons. The minimum absolute atomic E-state index is 0.0980. The quantitative estimate of drug-likeness (QED) is 0.822. The lowest BCUT2D eigenvalue weighted by atomic mass is 10.1. The van der Waals surface area contributed by atoms with E-state index in [1.54, 1.807) is 23.9 Å². The van der Waals surface area contributed by atoms with Gasteiger partial charge in [-0.2, -0.15) is 0 Å². The van der Waals surface area contributed by atoms with Crippen LogP contribution in [0.15, 0.2) is 47.4 Å². The fourth-order valence-electron chi connectivity index (χ4n) is 1.85. The number of rotatable bonds is 5. The molecule has 1 N–H and O–H groups in total. The minimum Gasteiger partial charge on any atom is -0.392 e. The molecule has 1 nitrogen and oxygen atoms in total. The van der Waals surface area contributed by atoms with Gasteiger partial charge in [-0.3, -0.25) is 0 Å². The van der Waals surface area contributed by atoms with Gasteiger partial charge >= 0.3 is 0 Å². The Morgan fingerprint density at radius 1 is 1.20 bits per heavy atom. The highest BCUT2D eigenvalue weighted by Gasteiger charge is 2.12. The topological polar surface area (TPSA) is 20.2 Å². The third-order valence-corrected chi connectivity index (χ3v) is 4.40. The van der Waals surface area contributed by atoms with Gasteiger partial charge in [-0.15, -0.1) is 11.8 Å². The lowest BCUT2D eigenvalue weighted by molar-refractivity contribution is 0.199. The van der Waals surface area contributed by atoms with E-state index in [9.17, 15) is 9.50 Å². The molecule has 0 bridgehead atoms. The average molecular weight is 311 g/mol. The fraction of sp³-hybridized carbons (Fsp3) is 0.250. The molecule has 0 saturated carbocycles. The third-order valence-electron chi connectivity index (χ3n) is 2.95. The van der Waals surface area contributed by atoms with Gasteiger partial charge in [0, 0.05) is 17.1 Å². The number of hydrogen-bond acceptors (Lipinski definition) is 2. The molecule has 0 aliphatic rings. The van der Waals surface area contributed by atoms with Crippen LogP contribution in [0, 0.1) is 12.7 Å². The van der Waals surface area contributed by atoms with Crippen molar-refractivity contribution in [2.45, 2.75) is 24.3 Å². The molecule has 20 heavy (non-hydrogen) atoms. The molecule has 2 aromatic rings. The third kappa shape index (κ3) is 4.23. The van der Waals surface area contributed by atoms with E-state index >= 15 is 0 Å². The Labute approximate surface area is 127 Å². The highest BCUT2D eigenvalue weighted by Crippen LogP contribution is 2.22. The van der Waals surface area contributed by atoms with Crippen LogP contribution in [0.25, 0.3) is 0 Å². The Bertz CT molecular complexity index is 571. The summed E-state index contributed by atoms with van der Waals surface area (Å²) >= 11 is 7.28. The number of thioether (sulfide) groups is 1. The van der Waals surface area contributed by atoms with Crippen molar-refractivity contribution in [3.8, 4) is 0 Å². The number of aliphatic hydroxyl groups excluding tert-OH is 1. The molecule has 0 heterocycles. The Hall–Kier alpha value is -1.03. The molecular weight excluding hydrogens is 295 g/mol. The minimum atomic E-state index is -0.603. The van der Waals surface area contributed by atoms with E-state index in [4.69, 9.17) is 11.6 Å². The first kappa shape index (κ1) is 15.4. The monoisotopic (exact) mass is 310 g/mol. The predicted octanol–water partition coefficient (Wildman–Crippen LogP) is 4.48. The van der Waals surface area contributed by atoms with Gasteiger partial charge in [0.1, 0.15) is 5.82 Å². The summed E-state index contributed by atoms with van der Waals surface area (Å²) in [5, 5.41) is 10.1. The van der Waals surface area contributed by atoms with Gasteiger partial charge in [-0.1, -0.05) is 41.4 Å². The van der Waals surface area contributed by atoms with Crippen LogP contribution < -0.4 is 0 Å². The number of hydrogen-bond donors (Lipinski definition) is 1. The van der Waals surface area contributed by atoms with Crippen molar-refractivity contribution in [2.75, 3.05) is 5.75 Å². The Kier molecular flexibility index (Phi) is 5.46. The van der Waals surface area contributed by atoms with Crippen LogP contribution in [0.3, 0.4) is 0 Å². The van der Waals surface area contributed by atoms with Gasteiger partial charge in [0.25, 0.3) is 0 Å². The van der Waals surface area contributed by atoms with Crippen LogP contribution >= 0.6 is 23.4 Å². The van der Waals surface area contributed by atoms with Gasteiger partial charge in [0.15, 0.2) is 0 Å². The summed E-state index contributed by atoms with van der Waals surface area (Å²) in [5.74, 6) is 0.0863. The second kappa shape index (κ2) is 7.11. The Morgan fingerprint density at radius 2 is 1.90 bits per heavy atom. The van der Waals surface area contributed by atoms with E-state index in [0.29, 0.717) is 11.3 Å². The summed E-state index contributed by atoms with van der Waals surface area (Å²) in [7, 11) is 0. The first-order chi connectivity index (χ1) is 9.56. The molecule has 0 aliphatic carbocycles. The van der Waals surface area contributed by atoms with Crippen molar-refractivity contribution in [3.05, 3.63) is 64.4 Å². The number of halogens is 2. The summed E-state index contributed by atoms with van der Waals surface area (Å²) in [4.78, 5) is 1.10. The second-order valence-electron chi connectivity index (χ2n) is 4.69. The molecule has 0 radical (unpaired) electrons. The standard InChI is InChI=1S/C16H16ClFOS/c1-11-5-7-14(8-6-11)20-10-13(19)9-12-3-2-4-15(17)16(12)18/h2-8,13,19H,9-10H2,1H3. The largest absolute Gasteiger partial charge is 0.392 e. The number of aryl methyl sites for hydroxylation is 1. The summed E-state index contributed by atoms with van der Waals surface area (Å²) in [5.41, 5.74) is 1.66. The predicted molar refractivity (Wildman–Crippen MR) is 83.0 cm³/mol. The molecule has 0 aliphatic heterocycles. The highest BCUT2D eigenvalue weighted by atomic mass is 35.5. The van der Waals surface area contributed by atoms with Gasteiger partial charge in [0.05, 0.1) is 11.1 Å². The summed E-state index contributed by atoms with van der Waals surface area (Å²) in [6, 6.07) is 13.0. The molecule has 0 fully saturated rings. The molecule has 4 heteroatoms. The van der Waals surface area contributed by atoms with Crippen molar-refractivity contribution in [1.82, 2.24) is 0 Å². The van der Waals surface area contributed by atoms with Crippen molar-refractivity contribution in [3.63, 3.8) is 0 Å². The first-order valence-electron chi connectivity index (χ1n) is 6.36. The fourth-order valence-corrected chi connectivity index (χ4v) is 2.87. The zero-order chi connectivity index (χ0) is 14.5. The van der Waals surface area contributed by atoms with E-state index in [1.807, 2.05) is 31.2 Å². The molecule has 0 saturated heterocycles. The van der Waals surface area contributed by atoms with Crippen molar-refractivity contribution >= 4 is 23.4 Å². The molecule has 2 aromatic carbocycles. The zero-order valence-electron chi connectivity index (χ0n) is 11.1. The summed E-state index contributed by atoms with van der Waals surface area (Å²) in [6.45, 7) is 2.03. The molecule has 2 rings (SSSR count). The maximum Gasteiger partial charge on any atom is 0.145 e. The van der Waals surface area contributed by atoms with Gasteiger partial charge < -0.3 is 5.11 Å². The number of aliphatic hydroxyl groups is 1. The van der Waals surface area contributed by atoms with E-state index < -0.39 is 11.9 Å². The molecule has 1 unspecified atom stereocenters. The number of benzene rings is 2.